The van der Waals surface area contributed by atoms with E-state index in [0.29, 0.717) is 11.7 Å². The Hall–Kier alpha value is -1.77. The van der Waals surface area contributed by atoms with Crippen molar-refractivity contribution in [2.75, 3.05) is 5.73 Å². The number of hydrogen-bond donors (Lipinski definition) is 2. The largest absolute Gasteiger partial charge is 0.382 e. The van der Waals surface area contributed by atoms with E-state index in [-0.39, 0.29) is 0 Å². The number of benzene rings is 1. The lowest BCUT2D eigenvalue weighted by atomic mass is 9.97. The number of hydrogen-bond acceptors (Lipinski definition) is 2. The molecule has 1 aromatic heterocycles. The Kier molecular flexibility index (Phi) is 3.41. The molecule has 3 heteroatoms. The first-order valence-electron chi connectivity index (χ1n) is 6.39. The maximum atomic E-state index is 5.95. The van der Waals surface area contributed by atoms with Gasteiger partial charge >= 0.3 is 0 Å². The molecule has 0 spiro atoms. The topological polar surface area (TPSA) is 54.7 Å². The minimum atomic E-state index is 0.565. The minimum Gasteiger partial charge on any atom is -0.382 e. The van der Waals surface area contributed by atoms with Crippen molar-refractivity contribution in [2.24, 2.45) is 5.92 Å². The van der Waals surface area contributed by atoms with E-state index in [9.17, 15) is 0 Å². The highest BCUT2D eigenvalue weighted by molar-refractivity contribution is 5.69. The molecule has 2 aromatic rings. The monoisotopic (exact) mass is 243 g/mol. The van der Waals surface area contributed by atoms with Crippen LogP contribution in [-0.4, -0.2) is 10.2 Å². The van der Waals surface area contributed by atoms with Crippen LogP contribution < -0.4 is 5.73 Å². The number of rotatable bonds is 3. The summed E-state index contributed by atoms with van der Waals surface area (Å²) in [6, 6.07) is 6.45. The Balaban J connectivity index is 2.47. The molecule has 0 radical (unpaired) electrons. The third-order valence-corrected chi connectivity index (χ3v) is 3.31. The van der Waals surface area contributed by atoms with E-state index in [1.807, 2.05) is 0 Å². The summed E-state index contributed by atoms with van der Waals surface area (Å²) >= 11 is 0. The summed E-state index contributed by atoms with van der Waals surface area (Å²) in [5, 5.41) is 7.22. The second-order valence-corrected chi connectivity index (χ2v) is 5.36. The van der Waals surface area contributed by atoms with Gasteiger partial charge in [-0.15, -0.1) is 0 Å². The van der Waals surface area contributed by atoms with Crippen molar-refractivity contribution >= 4 is 5.82 Å². The Morgan fingerprint density at radius 1 is 1.22 bits per heavy atom. The van der Waals surface area contributed by atoms with E-state index in [1.165, 1.54) is 11.1 Å². The van der Waals surface area contributed by atoms with Crippen LogP contribution in [0.2, 0.25) is 0 Å². The molecule has 0 unspecified atom stereocenters. The molecule has 0 aliphatic rings. The fraction of sp³-hybridized carbons (Fsp3) is 0.400. The molecule has 1 heterocycles. The predicted molar refractivity (Wildman–Crippen MR) is 76.5 cm³/mol. The van der Waals surface area contributed by atoms with Gasteiger partial charge in [0.1, 0.15) is 5.82 Å². The van der Waals surface area contributed by atoms with Gasteiger partial charge in [-0.3, -0.25) is 5.10 Å². The van der Waals surface area contributed by atoms with Crippen molar-refractivity contribution in [2.45, 2.75) is 34.1 Å². The van der Waals surface area contributed by atoms with Crippen molar-refractivity contribution in [3.63, 3.8) is 0 Å². The highest BCUT2D eigenvalue weighted by atomic mass is 15.2. The Labute approximate surface area is 108 Å². The van der Waals surface area contributed by atoms with Gasteiger partial charge in [0.2, 0.25) is 0 Å². The zero-order valence-corrected chi connectivity index (χ0v) is 11.5. The number of nitrogens with zero attached hydrogens (tertiary/aromatic N) is 1. The molecule has 2 rings (SSSR count). The summed E-state index contributed by atoms with van der Waals surface area (Å²) in [6.45, 7) is 8.63. The summed E-state index contributed by atoms with van der Waals surface area (Å²) in [5.74, 6) is 1.19. The van der Waals surface area contributed by atoms with Gasteiger partial charge in [0.05, 0.1) is 5.69 Å². The number of nitrogens with one attached hydrogen (secondary N) is 1. The zero-order valence-electron chi connectivity index (χ0n) is 11.5. The maximum absolute atomic E-state index is 5.95. The van der Waals surface area contributed by atoms with Crippen LogP contribution in [-0.2, 0) is 6.42 Å². The minimum absolute atomic E-state index is 0.565. The number of H-pyrrole nitrogens is 1. The fourth-order valence-corrected chi connectivity index (χ4v) is 2.13. The molecule has 96 valence electrons. The van der Waals surface area contributed by atoms with Crippen molar-refractivity contribution in [1.82, 2.24) is 10.2 Å². The molecule has 3 N–H and O–H groups in total. The van der Waals surface area contributed by atoms with Crippen LogP contribution >= 0.6 is 0 Å². The molecule has 0 saturated carbocycles. The van der Waals surface area contributed by atoms with Crippen LogP contribution in [0.25, 0.3) is 11.3 Å². The predicted octanol–water partition coefficient (Wildman–Crippen LogP) is 3.47. The second kappa shape index (κ2) is 4.84. The van der Waals surface area contributed by atoms with E-state index in [2.05, 4.69) is 56.1 Å². The van der Waals surface area contributed by atoms with Gasteiger partial charge in [0.25, 0.3) is 0 Å². The number of nitrogen functional groups attached to an aromatic ring is 1. The molecule has 0 aliphatic carbocycles. The molecular weight excluding hydrogens is 222 g/mol. The van der Waals surface area contributed by atoms with E-state index in [0.717, 1.165) is 23.2 Å². The lowest BCUT2D eigenvalue weighted by Crippen LogP contribution is -1.99. The standard InChI is InChI=1S/C15H21N3/c1-9(2)7-13-14(17-18-15(13)16)12-6-5-10(3)11(4)8-12/h5-6,8-9H,7H2,1-4H3,(H3,16,17,18). The number of aromatic nitrogens is 2. The summed E-state index contributed by atoms with van der Waals surface area (Å²) in [5.41, 5.74) is 11.9. The third-order valence-electron chi connectivity index (χ3n) is 3.31. The van der Waals surface area contributed by atoms with Gasteiger partial charge in [-0.05, 0) is 43.4 Å². The first-order valence-corrected chi connectivity index (χ1v) is 6.39. The van der Waals surface area contributed by atoms with E-state index in [1.54, 1.807) is 0 Å². The van der Waals surface area contributed by atoms with Crippen molar-refractivity contribution in [3.8, 4) is 11.3 Å². The zero-order chi connectivity index (χ0) is 13.3. The summed E-state index contributed by atoms with van der Waals surface area (Å²) in [6.07, 6.45) is 0.949. The van der Waals surface area contributed by atoms with E-state index in [4.69, 9.17) is 5.73 Å². The lowest BCUT2D eigenvalue weighted by Gasteiger charge is -2.08. The molecule has 18 heavy (non-hydrogen) atoms. The maximum Gasteiger partial charge on any atom is 0.149 e. The Morgan fingerprint density at radius 2 is 1.94 bits per heavy atom. The lowest BCUT2D eigenvalue weighted by molar-refractivity contribution is 0.649. The van der Waals surface area contributed by atoms with E-state index < -0.39 is 0 Å². The fourth-order valence-electron chi connectivity index (χ4n) is 2.13. The van der Waals surface area contributed by atoms with Gasteiger partial charge in [-0.25, -0.2) is 0 Å². The van der Waals surface area contributed by atoms with Gasteiger partial charge in [0, 0.05) is 11.1 Å². The molecule has 0 fully saturated rings. The van der Waals surface area contributed by atoms with E-state index >= 15 is 0 Å². The molecule has 3 nitrogen and oxygen atoms in total. The average molecular weight is 243 g/mol. The normalized spacial score (nSPS) is 11.2. The summed E-state index contributed by atoms with van der Waals surface area (Å²) in [4.78, 5) is 0. The van der Waals surface area contributed by atoms with Crippen LogP contribution in [0.5, 0.6) is 0 Å². The van der Waals surface area contributed by atoms with Gasteiger partial charge in [-0.1, -0.05) is 26.0 Å². The number of aryl methyl sites for hydroxylation is 2. The van der Waals surface area contributed by atoms with Crippen molar-refractivity contribution < 1.29 is 0 Å². The van der Waals surface area contributed by atoms with Crippen LogP contribution in [0.1, 0.15) is 30.5 Å². The first kappa shape index (κ1) is 12.7. The number of anilines is 1. The van der Waals surface area contributed by atoms with Crippen LogP contribution in [0.15, 0.2) is 18.2 Å². The van der Waals surface area contributed by atoms with Gasteiger partial charge < -0.3 is 5.73 Å². The Morgan fingerprint density at radius 3 is 2.56 bits per heavy atom. The molecule has 0 saturated heterocycles. The number of aromatic amines is 1. The Bertz CT molecular complexity index is 553. The van der Waals surface area contributed by atoms with Gasteiger partial charge in [-0.2, -0.15) is 5.10 Å². The smallest absolute Gasteiger partial charge is 0.149 e. The van der Waals surface area contributed by atoms with Crippen LogP contribution in [0, 0.1) is 19.8 Å². The molecular formula is C15H21N3. The molecule has 1 aromatic carbocycles. The highest BCUT2D eigenvalue weighted by Crippen LogP contribution is 2.28. The molecule has 0 bridgehead atoms. The number of nitrogens with two attached hydrogens (primary N) is 1. The average Bonchev–Trinajstić information content (AvgIpc) is 2.64. The van der Waals surface area contributed by atoms with Crippen LogP contribution in [0.4, 0.5) is 5.82 Å². The summed E-state index contributed by atoms with van der Waals surface area (Å²) in [7, 11) is 0. The SMILES string of the molecule is Cc1ccc(-c2[nH]nc(N)c2CC(C)C)cc1C. The van der Waals surface area contributed by atoms with Crippen molar-refractivity contribution in [1.29, 1.82) is 0 Å². The van der Waals surface area contributed by atoms with Gasteiger partial charge in [0.15, 0.2) is 0 Å². The van der Waals surface area contributed by atoms with Crippen molar-refractivity contribution in [3.05, 3.63) is 34.9 Å². The third kappa shape index (κ3) is 2.40. The second-order valence-electron chi connectivity index (χ2n) is 5.36. The molecule has 0 atom stereocenters. The summed E-state index contributed by atoms with van der Waals surface area (Å²) < 4.78 is 0. The molecule has 0 amide bonds. The first-order chi connectivity index (χ1) is 8.49. The molecule has 0 aliphatic heterocycles. The van der Waals surface area contributed by atoms with Crippen LogP contribution in [0.3, 0.4) is 0 Å². The quantitative estimate of drug-likeness (QED) is 0.867. The highest BCUT2D eigenvalue weighted by Gasteiger charge is 2.14.